The number of aryl methyl sites for hydroxylation is 1. The van der Waals surface area contributed by atoms with Gasteiger partial charge in [-0.2, -0.15) is 4.37 Å². The Balaban J connectivity index is 1.64. The highest BCUT2D eigenvalue weighted by molar-refractivity contribution is 7.09. The third-order valence-electron chi connectivity index (χ3n) is 3.89. The fourth-order valence-electron chi connectivity index (χ4n) is 2.65. The summed E-state index contributed by atoms with van der Waals surface area (Å²) in [5.74, 6) is 2.42. The summed E-state index contributed by atoms with van der Waals surface area (Å²) < 4.78 is 16.0. The van der Waals surface area contributed by atoms with E-state index < -0.39 is 0 Å². The molecule has 24 heavy (non-hydrogen) atoms. The Labute approximate surface area is 147 Å². The highest BCUT2D eigenvalue weighted by Crippen LogP contribution is 2.25. The van der Waals surface area contributed by atoms with Crippen LogP contribution in [0, 0.1) is 12.8 Å². The van der Waals surface area contributed by atoms with Gasteiger partial charge in [-0.25, -0.2) is 4.98 Å². The Bertz CT molecular complexity index is 666. The zero-order valence-corrected chi connectivity index (χ0v) is 15.4. The summed E-state index contributed by atoms with van der Waals surface area (Å²) >= 11 is 1.42. The molecule has 0 saturated carbocycles. The Morgan fingerprint density at radius 3 is 3.04 bits per heavy atom. The topological polar surface area (TPSA) is 56.3 Å². The van der Waals surface area contributed by atoms with Crippen LogP contribution in [0.15, 0.2) is 18.2 Å². The minimum Gasteiger partial charge on any atom is -0.488 e. The molecule has 0 amide bonds. The Morgan fingerprint density at radius 2 is 2.29 bits per heavy atom. The molecule has 5 nitrogen and oxygen atoms in total. The molecule has 3 rings (SSSR count). The average molecular weight is 347 g/mol. The fourth-order valence-corrected chi connectivity index (χ4v) is 3.24. The smallest absolute Gasteiger partial charge is 0.202 e. The van der Waals surface area contributed by atoms with Gasteiger partial charge in [-0.15, -0.1) is 0 Å². The summed E-state index contributed by atoms with van der Waals surface area (Å²) in [5, 5.41) is 4.24. The fraction of sp³-hybridized carbons (Fsp3) is 0.556. The van der Waals surface area contributed by atoms with E-state index in [2.05, 4.69) is 53.6 Å². The summed E-state index contributed by atoms with van der Waals surface area (Å²) in [4.78, 5) is 4.55. The third-order valence-corrected chi connectivity index (χ3v) is 4.60. The van der Waals surface area contributed by atoms with Crippen molar-refractivity contribution >= 4 is 16.7 Å². The first-order valence-corrected chi connectivity index (χ1v) is 9.28. The first-order valence-electron chi connectivity index (χ1n) is 8.50. The van der Waals surface area contributed by atoms with E-state index in [0.717, 1.165) is 41.7 Å². The molecule has 0 radical (unpaired) electrons. The van der Waals surface area contributed by atoms with Crippen LogP contribution in [0.4, 0.5) is 5.13 Å². The number of ether oxygens (including phenoxy) is 2. The van der Waals surface area contributed by atoms with Crippen molar-refractivity contribution in [1.29, 1.82) is 0 Å². The highest BCUT2D eigenvalue weighted by Gasteiger charge is 2.18. The molecule has 2 aromatic rings. The second-order valence-corrected chi connectivity index (χ2v) is 7.43. The van der Waals surface area contributed by atoms with E-state index in [0.29, 0.717) is 19.1 Å². The van der Waals surface area contributed by atoms with Gasteiger partial charge in [-0.3, -0.25) is 0 Å². The van der Waals surface area contributed by atoms with E-state index in [4.69, 9.17) is 9.47 Å². The predicted molar refractivity (Wildman–Crippen MR) is 96.8 cm³/mol. The summed E-state index contributed by atoms with van der Waals surface area (Å²) in [5.41, 5.74) is 2.33. The van der Waals surface area contributed by atoms with Crippen LogP contribution in [0.25, 0.3) is 0 Å². The molecule has 1 atom stereocenters. The van der Waals surface area contributed by atoms with Crippen molar-refractivity contribution in [2.75, 3.05) is 18.5 Å². The van der Waals surface area contributed by atoms with Crippen molar-refractivity contribution in [2.24, 2.45) is 5.92 Å². The van der Waals surface area contributed by atoms with E-state index in [1.165, 1.54) is 17.1 Å². The second kappa shape index (κ2) is 7.94. The van der Waals surface area contributed by atoms with Crippen molar-refractivity contribution in [2.45, 2.75) is 46.3 Å². The van der Waals surface area contributed by atoms with E-state index >= 15 is 0 Å². The van der Waals surface area contributed by atoms with Crippen molar-refractivity contribution < 1.29 is 9.47 Å². The summed E-state index contributed by atoms with van der Waals surface area (Å²) in [6, 6.07) is 6.32. The van der Waals surface area contributed by atoms with Gasteiger partial charge in [-0.05, 0) is 24.5 Å². The van der Waals surface area contributed by atoms with Crippen molar-refractivity contribution in [3.63, 3.8) is 0 Å². The number of rotatable bonds is 7. The molecule has 1 aliphatic rings. The van der Waals surface area contributed by atoms with Crippen LogP contribution < -0.4 is 10.1 Å². The van der Waals surface area contributed by atoms with Gasteiger partial charge in [0.2, 0.25) is 5.13 Å². The number of benzene rings is 1. The maximum Gasteiger partial charge on any atom is 0.202 e. The van der Waals surface area contributed by atoms with E-state index in [9.17, 15) is 0 Å². The zero-order chi connectivity index (χ0) is 16.9. The summed E-state index contributed by atoms with van der Waals surface area (Å²) in [6.45, 7) is 8.58. The Morgan fingerprint density at radius 1 is 1.42 bits per heavy atom. The number of hydrogen-bond acceptors (Lipinski definition) is 6. The van der Waals surface area contributed by atoms with Crippen LogP contribution in [-0.4, -0.2) is 28.7 Å². The molecular formula is C18H25N3O2S. The van der Waals surface area contributed by atoms with Crippen LogP contribution in [0.5, 0.6) is 5.75 Å². The van der Waals surface area contributed by atoms with Gasteiger partial charge in [-0.1, -0.05) is 26.0 Å². The molecule has 0 spiro atoms. The van der Waals surface area contributed by atoms with Crippen molar-refractivity contribution in [3.8, 4) is 5.75 Å². The maximum atomic E-state index is 6.14. The second-order valence-electron chi connectivity index (χ2n) is 6.68. The van der Waals surface area contributed by atoms with Gasteiger partial charge in [0.25, 0.3) is 0 Å². The van der Waals surface area contributed by atoms with Gasteiger partial charge in [0, 0.05) is 36.5 Å². The van der Waals surface area contributed by atoms with Crippen molar-refractivity contribution in [3.05, 3.63) is 35.2 Å². The third kappa shape index (κ3) is 4.68. The number of hydrogen-bond donors (Lipinski definition) is 1. The lowest BCUT2D eigenvalue weighted by Gasteiger charge is -2.16. The Kier molecular flexibility index (Phi) is 5.68. The maximum absolute atomic E-state index is 6.14. The largest absolute Gasteiger partial charge is 0.488 e. The van der Waals surface area contributed by atoms with Gasteiger partial charge in [0.05, 0.1) is 13.2 Å². The predicted octanol–water partition coefficient (Wildman–Crippen LogP) is 3.82. The molecule has 6 heteroatoms. The molecule has 1 saturated heterocycles. The highest BCUT2D eigenvalue weighted by atomic mass is 32.1. The summed E-state index contributed by atoms with van der Waals surface area (Å²) in [6.07, 6.45) is 2.03. The number of aromatic nitrogens is 2. The number of nitrogens with zero attached hydrogens (tertiary/aromatic N) is 2. The first-order chi connectivity index (χ1) is 11.6. The minimum absolute atomic E-state index is 0.157. The van der Waals surface area contributed by atoms with Gasteiger partial charge >= 0.3 is 0 Å². The lowest BCUT2D eigenvalue weighted by Crippen LogP contribution is -2.17. The molecule has 1 aliphatic heterocycles. The van der Waals surface area contributed by atoms with Gasteiger partial charge < -0.3 is 14.8 Å². The Hall–Kier alpha value is -1.66. The van der Waals surface area contributed by atoms with Gasteiger partial charge in [0.1, 0.15) is 17.7 Å². The average Bonchev–Trinajstić information content (AvgIpc) is 3.18. The molecule has 130 valence electrons. The van der Waals surface area contributed by atoms with Crippen LogP contribution in [0.2, 0.25) is 0 Å². The molecule has 2 heterocycles. The standard InChI is InChI=1S/C18H25N3O2S/c1-12(2)8-17-20-18(24-21-17)19-10-14-5-4-13(3)9-16(14)23-15-6-7-22-11-15/h4-5,9,12,15H,6-8,10-11H2,1-3H3,(H,19,20,21). The van der Waals surface area contributed by atoms with E-state index in [1.54, 1.807) is 0 Å². The first kappa shape index (κ1) is 17.2. The molecule has 1 aromatic carbocycles. The minimum atomic E-state index is 0.157. The number of anilines is 1. The molecule has 0 aliphatic carbocycles. The van der Waals surface area contributed by atoms with Crippen LogP contribution in [-0.2, 0) is 17.7 Å². The SMILES string of the molecule is Cc1ccc(CNc2nc(CC(C)C)ns2)c(OC2CCOC2)c1. The zero-order valence-electron chi connectivity index (χ0n) is 14.5. The van der Waals surface area contributed by atoms with E-state index in [1.807, 2.05) is 0 Å². The quantitative estimate of drug-likeness (QED) is 0.825. The summed E-state index contributed by atoms with van der Waals surface area (Å²) in [7, 11) is 0. The molecule has 1 fully saturated rings. The van der Waals surface area contributed by atoms with Crippen molar-refractivity contribution in [1.82, 2.24) is 9.36 Å². The lowest BCUT2D eigenvalue weighted by molar-refractivity contribution is 0.140. The number of nitrogens with one attached hydrogen (secondary N) is 1. The lowest BCUT2D eigenvalue weighted by atomic mass is 10.1. The monoisotopic (exact) mass is 347 g/mol. The van der Waals surface area contributed by atoms with E-state index in [-0.39, 0.29) is 6.10 Å². The van der Waals surface area contributed by atoms with Crippen LogP contribution in [0.1, 0.15) is 37.2 Å². The molecule has 1 aromatic heterocycles. The molecule has 0 bridgehead atoms. The molecule has 1 unspecified atom stereocenters. The normalized spacial score (nSPS) is 17.4. The molecular weight excluding hydrogens is 322 g/mol. The van der Waals surface area contributed by atoms with Crippen LogP contribution >= 0.6 is 11.5 Å². The molecule has 1 N–H and O–H groups in total. The van der Waals surface area contributed by atoms with Gasteiger partial charge in [0.15, 0.2) is 0 Å². The van der Waals surface area contributed by atoms with Crippen LogP contribution in [0.3, 0.4) is 0 Å².